The molecule has 0 aliphatic heterocycles. The number of hydrogen-bond donors (Lipinski definition) is 1. The highest BCUT2D eigenvalue weighted by Crippen LogP contribution is 2.33. The highest BCUT2D eigenvalue weighted by Gasteiger charge is 2.14. The Bertz CT molecular complexity index is 1150. The zero-order chi connectivity index (χ0) is 19.5. The zero-order valence-electron chi connectivity index (χ0n) is 15.1. The van der Waals surface area contributed by atoms with Crippen LogP contribution in [0.4, 0.5) is 0 Å². The molecule has 4 rings (SSSR count). The van der Waals surface area contributed by atoms with Gasteiger partial charge in [0.25, 0.3) is 5.56 Å². The molecule has 0 bridgehead atoms. The molecule has 2 aromatic heterocycles. The van der Waals surface area contributed by atoms with Gasteiger partial charge in [0.05, 0.1) is 12.8 Å². The number of ether oxygens (including phenoxy) is 1. The van der Waals surface area contributed by atoms with Crippen molar-refractivity contribution in [3.8, 4) is 39.3 Å². The van der Waals surface area contributed by atoms with E-state index in [1.807, 2.05) is 54.6 Å². The molecular weight excluding hydrogens is 372 g/mol. The fraction of sp³-hybridized carbons (Fsp3) is 0.0435. The van der Waals surface area contributed by atoms with Gasteiger partial charge in [-0.2, -0.15) is 0 Å². The minimum Gasteiger partial charge on any atom is -0.497 e. The maximum absolute atomic E-state index is 12.9. The normalized spacial score (nSPS) is 10.6. The average Bonchev–Trinajstić information content (AvgIpc) is 2.75. The highest BCUT2D eigenvalue weighted by molar-refractivity contribution is 6.30. The van der Waals surface area contributed by atoms with Crippen LogP contribution in [-0.2, 0) is 0 Å². The maximum Gasteiger partial charge on any atom is 0.256 e. The molecule has 0 aliphatic carbocycles. The van der Waals surface area contributed by atoms with E-state index < -0.39 is 0 Å². The van der Waals surface area contributed by atoms with Crippen LogP contribution in [0.2, 0.25) is 5.02 Å². The zero-order valence-corrected chi connectivity index (χ0v) is 15.9. The number of benzene rings is 2. The van der Waals surface area contributed by atoms with Crippen molar-refractivity contribution in [3.63, 3.8) is 0 Å². The van der Waals surface area contributed by atoms with Gasteiger partial charge < -0.3 is 9.72 Å². The van der Waals surface area contributed by atoms with Crippen molar-refractivity contribution in [2.45, 2.75) is 0 Å². The molecule has 0 unspecified atom stereocenters. The van der Waals surface area contributed by atoms with E-state index >= 15 is 0 Å². The second kappa shape index (κ2) is 7.71. The Morgan fingerprint density at radius 2 is 1.43 bits per heavy atom. The Labute approximate surface area is 167 Å². The van der Waals surface area contributed by atoms with Gasteiger partial charge in [-0.1, -0.05) is 35.9 Å². The molecule has 138 valence electrons. The molecule has 2 heterocycles. The molecule has 28 heavy (non-hydrogen) atoms. The van der Waals surface area contributed by atoms with E-state index in [1.54, 1.807) is 31.6 Å². The highest BCUT2D eigenvalue weighted by atomic mass is 35.5. The lowest BCUT2D eigenvalue weighted by Gasteiger charge is -2.13. The van der Waals surface area contributed by atoms with Gasteiger partial charge in [-0.3, -0.25) is 9.78 Å². The Morgan fingerprint density at radius 3 is 2.07 bits per heavy atom. The summed E-state index contributed by atoms with van der Waals surface area (Å²) in [7, 11) is 1.63. The quantitative estimate of drug-likeness (QED) is 0.507. The Morgan fingerprint density at radius 1 is 0.821 bits per heavy atom. The number of methoxy groups -OCH3 is 1. The first-order chi connectivity index (χ1) is 13.7. The van der Waals surface area contributed by atoms with Crippen LogP contribution < -0.4 is 10.3 Å². The molecule has 0 aliphatic rings. The molecule has 0 saturated heterocycles. The number of nitrogens with zero attached hydrogens (tertiary/aromatic N) is 1. The maximum atomic E-state index is 12.9. The van der Waals surface area contributed by atoms with E-state index in [9.17, 15) is 4.79 Å². The summed E-state index contributed by atoms with van der Waals surface area (Å²) in [5.74, 6) is 0.775. The first-order valence-electron chi connectivity index (χ1n) is 8.74. The standard InChI is InChI=1S/C23H17ClN2O2/c1-28-19-8-4-15(5-9-19)20-14-21(16-2-6-18(24)7-3-16)23(27)26-22(20)17-10-12-25-13-11-17/h2-14H,1H3,(H,26,27). The topological polar surface area (TPSA) is 55.0 Å². The largest absolute Gasteiger partial charge is 0.497 e. The van der Waals surface area contributed by atoms with E-state index in [4.69, 9.17) is 16.3 Å². The van der Waals surface area contributed by atoms with Crippen LogP contribution in [0.25, 0.3) is 33.5 Å². The van der Waals surface area contributed by atoms with Gasteiger partial charge in [0.1, 0.15) is 5.75 Å². The molecule has 5 heteroatoms. The van der Waals surface area contributed by atoms with Crippen LogP contribution in [0.5, 0.6) is 5.75 Å². The molecule has 0 radical (unpaired) electrons. The van der Waals surface area contributed by atoms with Gasteiger partial charge in [0.15, 0.2) is 0 Å². The van der Waals surface area contributed by atoms with Crippen molar-refractivity contribution in [1.82, 2.24) is 9.97 Å². The van der Waals surface area contributed by atoms with Gasteiger partial charge >= 0.3 is 0 Å². The van der Waals surface area contributed by atoms with Crippen molar-refractivity contribution in [1.29, 1.82) is 0 Å². The summed E-state index contributed by atoms with van der Waals surface area (Å²) >= 11 is 6.00. The summed E-state index contributed by atoms with van der Waals surface area (Å²) in [6, 6.07) is 20.7. The minimum atomic E-state index is -0.161. The fourth-order valence-electron chi connectivity index (χ4n) is 3.12. The van der Waals surface area contributed by atoms with Gasteiger partial charge in [-0.05, 0) is 53.6 Å². The van der Waals surface area contributed by atoms with Gasteiger partial charge in [0, 0.05) is 34.1 Å². The number of halogens is 1. The number of aromatic nitrogens is 2. The third-order valence-electron chi connectivity index (χ3n) is 4.57. The second-order valence-corrected chi connectivity index (χ2v) is 6.71. The third-order valence-corrected chi connectivity index (χ3v) is 4.82. The molecule has 0 fully saturated rings. The predicted octanol–water partition coefficient (Wildman–Crippen LogP) is 5.43. The van der Waals surface area contributed by atoms with Crippen LogP contribution >= 0.6 is 11.6 Å². The van der Waals surface area contributed by atoms with Crippen molar-refractivity contribution < 1.29 is 4.74 Å². The lowest BCUT2D eigenvalue weighted by atomic mass is 9.96. The summed E-state index contributed by atoms with van der Waals surface area (Å²) in [5.41, 5.74) is 4.75. The van der Waals surface area contributed by atoms with E-state index in [0.29, 0.717) is 10.6 Å². The number of nitrogens with one attached hydrogen (secondary N) is 1. The van der Waals surface area contributed by atoms with Crippen molar-refractivity contribution in [2.24, 2.45) is 0 Å². The first kappa shape index (κ1) is 18.0. The average molecular weight is 389 g/mol. The van der Waals surface area contributed by atoms with Crippen molar-refractivity contribution >= 4 is 11.6 Å². The first-order valence-corrected chi connectivity index (χ1v) is 9.11. The smallest absolute Gasteiger partial charge is 0.256 e. The number of rotatable bonds is 4. The van der Waals surface area contributed by atoms with E-state index in [-0.39, 0.29) is 5.56 Å². The molecule has 4 aromatic rings. The molecule has 0 saturated carbocycles. The lowest BCUT2D eigenvalue weighted by Crippen LogP contribution is -2.11. The number of H-pyrrole nitrogens is 1. The second-order valence-electron chi connectivity index (χ2n) is 6.27. The molecule has 1 N–H and O–H groups in total. The Balaban J connectivity index is 1.94. The summed E-state index contributed by atoms with van der Waals surface area (Å²) in [5, 5.41) is 0.629. The van der Waals surface area contributed by atoms with Gasteiger partial charge in [-0.15, -0.1) is 0 Å². The van der Waals surface area contributed by atoms with Crippen molar-refractivity contribution in [2.75, 3.05) is 7.11 Å². The molecule has 0 atom stereocenters. The van der Waals surface area contributed by atoms with E-state index in [0.717, 1.165) is 33.7 Å². The van der Waals surface area contributed by atoms with Gasteiger partial charge in [-0.25, -0.2) is 0 Å². The van der Waals surface area contributed by atoms with Crippen LogP contribution in [0.1, 0.15) is 0 Å². The molecule has 0 amide bonds. The Kier molecular flexibility index (Phi) is 4.96. The number of pyridine rings is 2. The van der Waals surface area contributed by atoms with Crippen LogP contribution in [0.3, 0.4) is 0 Å². The lowest BCUT2D eigenvalue weighted by molar-refractivity contribution is 0.415. The Hall–Kier alpha value is -3.37. The summed E-state index contributed by atoms with van der Waals surface area (Å²) in [6.07, 6.45) is 3.41. The molecule has 2 aromatic carbocycles. The van der Waals surface area contributed by atoms with E-state index in [2.05, 4.69) is 9.97 Å². The predicted molar refractivity (Wildman–Crippen MR) is 113 cm³/mol. The summed E-state index contributed by atoms with van der Waals surface area (Å²) in [6.45, 7) is 0. The molecule has 4 nitrogen and oxygen atoms in total. The number of aromatic amines is 1. The van der Waals surface area contributed by atoms with E-state index in [1.165, 1.54) is 0 Å². The van der Waals surface area contributed by atoms with Crippen LogP contribution in [0, 0.1) is 0 Å². The number of hydrogen-bond acceptors (Lipinski definition) is 3. The van der Waals surface area contributed by atoms with Gasteiger partial charge in [0.2, 0.25) is 0 Å². The fourth-order valence-corrected chi connectivity index (χ4v) is 3.24. The van der Waals surface area contributed by atoms with Crippen molar-refractivity contribution in [3.05, 3.63) is 94.5 Å². The third kappa shape index (κ3) is 3.55. The SMILES string of the molecule is COc1ccc(-c2cc(-c3ccc(Cl)cc3)c(=O)[nH]c2-c2ccncc2)cc1. The summed E-state index contributed by atoms with van der Waals surface area (Å²) in [4.78, 5) is 20.0. The van der Waals surface area contributed by atoms with Crippen LogP contribution in [-0.4, -0.2) is 17.1 Å². The molecular formula is C23H17ClN2O2. The minimum absolute atomic E-state index is 0.161. The monoisotopic (exact) mass is 388 g/mol. The molecule has 0 spiro atoms. The summed E-state index contributed by atoms with van der Waals surface area (Å²) < 4.78 is 5.26. The van der Waals surface area contributed by atoms with Crippen LogP contribution in [0.15, 0.2) is 83.9 Å².